The number of aryl methyl sites for hydroxylation is 1. The summed E-state index contributed by atoms with van der Waals surface area (Å²) in [6.45, 7) is 1.81. The third-order valence-electron chi connectivity index (χ3n) is 3.31. The molecule has 0 aliphatic carbocycles. The fraction of sp³-hybridized carbons (Fsp3) is 0.333. The van der Waals surface area contributed by atoms with Crippen molar-refractivity contribution in [3.05, 3.63) is 36.0 Å². The molecular formula is C15H18N2O3. The molecule has 20 heavy (non-hydrogen) atoms. The zero-order valence-electron chi connectivity index (χ0n) is 11.6. The van der Waals surface area contributed by atoms with Crippen molar-refractivity contribution < 1.29 is 14.7 Å². The van der Waals surface area contributed by atoms with Gasteiger partial charge < -0.3 is 15.0 Å². The SMILES string of the molecule is CC(CCC(=O)O)NC(=O)c1cn(C)c2ccccc12. The second-order valence-corrected chi connectivity index (χ2v) is 4.98. The highest BCUT2D eigenvalue weighted by Crippen LogP contribution is 2.20. The molecule has 0 aliphatic heterocycles. The Hall–Kier alpha value is -2.30. The molecule has 0 saturated carbocycles. The van der Waals surface area contributed by atoms with Crippen molar-refractivity contribution in [3.8, 4) is 0 Å². The zero-order chi connectivity index (χ0) is 14.7. The van der Waals surface area contributed by atoms with Gasteiger partial charge in [-0.15, -0.1) is 0 Å². The van der Waals surface area contributed by atoms with Crippen molar-refractivity contribution in [1.29, 1.82) is 0 Å². The van der Waals surface area contributed by atoms with Crippen molar-refractivity contribution in [2.24, 2.45) is 7.05 Å². The molecule has 1 aromatic carbocycles. The molecule has 0 aliphatic rings. The van der Waals surface area contributed by atoms with Crippen LogP contribution in [-0.4, -0.2) is 27.6 Å². The lowest BCUT2D eigenvalue weighted by Crippen LogP contribution is -2.32. The van der Waals surface area contributed by atoms with E-state index in [9.17, 15) is 9.59 Å². The molecule has 2 rings (SSSR count). The maximum atomic E-state index is 12.3. The second kappa shape index (κ2) is 5.77. The molecule has 1 heterocycles. The summed E-state index contributed by atoms with van der Waals surface area (Å²) in [7, 11) is 1.90. The Morgan fingerprint density at radius 1 is 1.35 bits per heavy atom. The molecule has 1 unspecified atom stereocenters. The average molecular weight is 274 g/mol. The van der Waals surface area contributed by atoms with Crippen LogP contribution in [0.1, 0.15) is 30.1 Å². The third-order valence-corrected chi connectivity index (χ3v) is 3.31. The number of para-hydroxylation sites is 1. The van der Waals surface area contributed by atoms with E-state index in [0.29, 0.717) is 12.0 Å². The molecule has 0 saturated heterocycles. The highest BCUT2D eigenvalue weighted by Gasteiger charge is 2.15. The summed E-state index contributed by atoms with van der Waals surface area (Å²) in [4.78, 5) is 22.8. The first-order valence-corrected chi connectivity index (χ1v) is 6.55. The highest BCUT2D eigenvalue weighted by molar-refractivity contribution is 6.07. The van der Waals surface area contributed by atoms with Gasteiger partial charge in [-0.25, -0.2) is 0 Å². The number of carboxylic acid groups (broad SMARTS) is 1. The second-order valence-electron chi connectivity index (χ2n) is 4.98. The van der Waals surface area contributed by atoms with Gasteiger partial charge in [-0.1, -0.05) is 18.2 Å². The number of aromatic nitrogens is 1. The summed E-state index contributed by atoms with van der Waals surface area (Å²) >= 11 is 0. The van der Waals surface area contributed by atoms with Crippen molar-refractivity contribution in [2.45, 2.75) is 25.8 Å². The van der Waals surface area contributed by atoms with E-state index in [1.54, 1.807) is 6.20 Å². The summed E-state index contributed by atoms with van der Waals surface area (Å²) in [6.07, 6.45) is 2.27. The van der Waals surface area contributed by atoms with Gasteiger partial charge in [0.1, 0.15) is 0 Å². The molecule has 1 aromatic heterocycles. The third kappa shape index (κ3) is 2.99. The molecule has 1 atom stereocenters. The first kappa shape index (κ1) is 14.1. The number of carbonyl (C=O) groups excluding carboxylic acids is 1. The minimum atomic E-state index is -0.851. The lowest BCUT2D eigenvalue weighted by Gasteiger charge is -2.12. The molecule has 2 aromatic rings. The lowest BCUT2D eigenvalue weighted by molar-refractivity contribution is -0.137. The van der Waals surface area contributed by atoms with Crippen molar-refractivity contribution in [3.63, 3.8) is 0 Å². The Morgan fingerprint density at radius 2 is 2.05 bits per heavy atom. The molecule has 0 bridgehead atoms. The summed E-state index contributed by atoms with van der Waals surface area (Å²) < 4.78 is 1.91. The van der Waals surface area contributed by atoms with E-state index in [1.165, 1.54) is 0 Å². The van der Waals surface area contributed by atoms with Gasteiger partial charge in [-0.2, -0.15) is 0 Å². The van der Waals surface area contributed by atoms with E-state index in [-0.39, 0.29) is 18.4 Å². The summed E-state index contributed by atoms with van der Waals surface area (Å²) in [5, 5.41) is 12.4. The molecule has 0 radical (unpaired) electrons. The number of amides is 1. The van der Waals surface area contributed by atoms with Crippen LogP contribution in [0.4, 0.5) is 0 Å². The minimum Gasteiger partial charge on any atom is -0.481 e. The summed E-state index contributed by atoms with van der Waals surface area (Å²) in [5.74, 6) is -1.02. The predicted octanol–water partition coefficient (Wildman–Crippen LogP) is 2.16. The van der Waals surface area contributed by atoms with E-state index in [1.807, 2.05) is 42.8 Å². The van der Waals surface area contributed by atoms with Crippen LogP contribution in [0, 0.1) is 0 Å². The van der Waals surface area contributed by atoms with Gasteiger partial charge in [0.2, 0.25) is 0 Å². The Kier molecular flexibility index (Phi) is 4.08. The van der Waals surface area contributed by atoms with Crippen LogP contribution in [0.2, 0.25) is 0 Å². The number of carbonyl (C=O) groups is 2. The van der Waals surface area contributed by atoms with Crippen molar-refractivity contribution in [2.75, 3.05) is 0 Å². The number of hydrogen-bond donors (Lipinski definition) is 2. The van der Waals surface area contributed by atoms with Gasteiger partial charge in [0.05, 0.1) is 5.56 Å². The maximum absolute atomic E-state index is 12.3. The van der Waals surface area contributed by atoms with Gasteiger partial charge in [-0.05, 0) is 19.4 Å². The average Bonchev–Trinajstić information content (AvgIpc) is 2.75. The number of carboxylic acids is 1. The fourth-order valence-corrected chi connectivity index (χ4v) is 2.24. The van der Waals surface area contributed by atoms with Crippen molar-refractivity contribution in [1.82, 2.24) is 9.88 Å². The van der Waals surface area contributed by atoms with Crippen LogP contribution in [0.3, 0.4) is 0 Å². The molecular weight excluding hydrogens is 256 g/mol. The van der Waals surface area contributed by atoms with Gasteiger partial charge in [0, 0.05) is 36.6 Å². The Labute approximate surface area is 117 Å². The van der Waals surface area contributed by atoms with Crippen molar-refractivity contribution >= 4 is 22.8 Å². The maximum Gasteiger partial charge on any atom is 0.303 e. The van der Waals surface area contributed by atoms with Crippen LogP contribution >= 0.6 is 0 Å². The quantitative estimate of drug-likeness (QED) is 0.877. The lowest BCUT2D eigenvalue weighted by atomic mass is 10.1. The van der Waals surface area contributed by atoms with Gasteiger partial charge in [0.15, 0.2) is 0 Å². The molecule has 5 nitrogen and oxygen atoms in total. The highest BCUT2D eigenvalue weighted by atomic mass is 16.4. The van der Waals surface area contributed by atoms with Crippen LogP contribution in [0.5, 0.6) is 0 Å². The largest absolute Gasteiger partial charge is 0.481 e. The summed E-state index contributed by atoms with van der Waals surface area (Å²) in [6, 6.07) is 7.52. The number of fused-ring (bicyclic) bond motifs is 1. The van der Waals surface area contributed by atoms with Crippen LogP contribution < -0.4 is 5.32 Å². The van der Waals surface area contributed by atoms with E-state index < -0.39 is 5.97 Å². The standard InChI is InChI=1S/C15H18N2O3/c1-10(7-8-14(18)19)16-15(20)12-9-17(2)13-6-4-3-5-11(12)13/h3-6,9-10H,7-8H2,1-2H3,(H,16,20)(H,18,19). The van der Waals surface area contributed by atoms with Crippen LogP contribution in [-0.2, 0) is 11.8 Å². The molecule has 0 fully saturated rings. The monoisotopic (exact) mass is 274 g/mol. The number of nitrogens with one attached hydrogen (secondary N) is 1. The van der Waals surface area contributed by atoms with E-state index in [0.717, 1.165) is 10.9 Å². The molecule has 0 spiro atoms. The Balaban J connectivity index is 2.13. The van der Waals surface area contributed by atoms with E-state index in [2.05, 4.69) is 5.32 Å². The molecule has 1 amide bonds. The van der Waals surface area contributed by atoms with Crippen LogP contribution in [0.15, 0.2) is 30.5 Å². The topological polar surface area (TPSA) is 71.3 Å². The number of nitrogens with zero attached hydrogens (tertiary/aromatic N) is 1. The Bertz CT molecular complexity index is 646. The Morgan fingerprint density at radius 3 is 2.75 bits per heavy atom. The number of hydrogen-bond acceptors (Lipinski definition) is 2. The van der Waals surface area contributed by atoms with E-state index >= 15 is 0 Å². The van der Waals surface area contributed by atoms with Gasteiger partial charge >= 0.3 is 5.97 Å². The number of aliphatic carboxylic acids is 1. The van der Waals surface area contributed by atoms with Gasteiger partial charge in [-0.3, -0.25) is 9.59 Å². The molecule has 2 N–H and O–H groups in total. The number of benzene rings is 1. The molecule has 5 heteroatoms. The first-order valence-electron chi connectivity index (χ1n) is 6.55. The minimum absolute atomic E-state index is 0.0526. The normalized spacial score (nSPS) is 12.3. The number of rotatable bonds is 5. The smallest absolute Gasteiger partial charge is 0.303 e. The first-order chi connectivity index (χ1) is 9.49. The van der Waals surface area contributed by atoms with E-state index in [4.69, 9.17) is 5.11 Å². The zero-order valence-corrected chi connectivity index (χ0v) is 11.6. The fourth-order valence-electron chi connectivity index (χ4n) is 2.24. The molecule has 106 valence electrons. The predicted molar refractivity (Wildman–Crippen MR) is 76.7 cm³/mol. The van der Waals surface area contributed by atoms with Gasteiger partial charge in [0.25, 0.3) is 5.91 Å². The van der Waals surface area contributed by atoms with Crippen LogP contribution in [0.25, 0.3) is 10.9 Å². The summed E-state index contributed by atoms with van der Waals surface area (Å²) in [5.41, 5.74) is 1.61.